The standard InChI is InChI=1S/C11H13N5OS/c1-7(11-14-5-6-18-11)15-10(17)8-3-2-4-13-9(8)16-12/h2-7H,12H2,1H3,(H,13,16)(H,15,17). The number of hydrazine groups is 1. The average Bonchev–Trinajstić information content (AvgIpc) is 2.92. The van der Waals surface area contributed by atoms with E-state index in [2.05, 4.69) is 20.7 Å². The van der Waals surface area contributed by atoms with Crippen LogP contribution in [0.25, 0.3) is 0 Å². The molecular formula is C11H13N5OS. The third kappa shape index (κ3) is 2.63. The van der Waals surface area contributed by atoms with Crippen LogP contribution in [0.15, 0.2) is 29.9 Å². The van der Waals surface area contributed by atoms with E-state index in [1.165, 1.54) is 11.3 Å². The van der Waals surface area contributed by atoms with E-state index in [0.717, 1.165) is 5.01 Å². The summed E-state index contributed by atoms with van der Waals surface area (Å²) in [6, 6.07) is 3.19. The molecule has 0 fully saturated rings. The molecule has 1 atom stereocenters. The lowest BCUT2D eigenvalue weighted by atomic mass is 10.2. The fourth-order valence-corrected chi connectivity index (χ4v) is 2.13. The molecule has 0 aliphatic carbocycles. The zero-order valence-electron chi connectivity index (χ0n) is 9.75. The number of aromatic nitrogens is 2. The lowest BCUT2D eigenvalue weighted by Gasteiger charge is -2.12. The molecule has 2 heterocycles. The number of thiazole rings is 1. The fourth-order valence-electron chi connectivity index (χ4n) is 1.49. The summed E-state index contributed by atoms with van der Waals surface area (Å²) in [5.74, 6) is 5.42. The van der Waals surface area contributed by atoms with Crippen LogP contribution < -0.4 is 16.6 Å². The van der Waals surface area contributed by atoms with E-state index in [1.54, 1.807) is 24.5 Å². The summed E-state index contributed by atoms with van der Waals surface area (Å²) in [7, 11) is 0. The molecule has 0 aromatic carbocycles. The summed E-state index contributed by atoms with van der Waals surface area (Å²) in [5, 5.41) is 5.57. The van der Waals surface area contributed by atoms with Crippen molar-refractivity contribution in [3.63, 3.8) is 0 Å². The van der Waals surface area contributed by atoms with Gasteiger partial charge in [0.1, 0.15) is 5.01 Å². The molecule has 1 amide bonds. The number of nitrogens with zero attached hydrogens (tertiary/aromatic N) is 2. The predicted molar refractivity (Wildman–Crippen MR) is 70.0 cm³/mol. The van der Waals surface area contributed by atoms with Gasteiger partial charge in [-0.1, -0.05) is 0 Å². The van der Waals surface area contributed by atoms with Crippen LogP contribution in [0.1, 0.15) is 28.3 Å². The molecule has 2 rings (SSSR count). The van der Waals surface area contributed by atoms with Gasteiger partial charge in [-0.2, -0.15) is 0 Å². The molecule has 2 aromatic rings. The Hall–Kier alpha value is -1.99. The van der Waals surface area contributed by atoms with Gasteiger partial charge in [0, 0.05) is 17.8 Å². The van der Waals surface area contributed by atoms with Gasteiger partial charge in [0.25, 0.3) is 5.91 Å². The molecule has 7 heteroatoms. The van der Waals surface area contributed by atoms with Gasteiger partial charge in [0.2, 0.25) is 0 Å². The first kappa shape index (κ1) is 12.5. The van der Waals surface area contributed by atoms with E-state index in [9.17, 15) is 4.79 Å². The Morgan fingerprint density at radius 3 is 2.94 bits per heavy atom. The Morgan fingerprint density at radius 2 is 2.28 bits per heavy atom. The zero-order chi connectivity index (χ0) is 13.0. The van der Waals surface area contributed by atoms with Gasteiger partial charge in [-0.3, -0.25) is 4.79 Å². The molecule has 0 saturated carbocycles. The maximum atomic E-state index is 12.1. The minimum atomic E-state index is -0.237. The van der Waals surface area contributed by atoms with Crippen molar-refractivity contribution in [1.29, 1.82) is 0 Å². The molecular weight excluding hydrogens is 250 g/mol. The van der Waals surface area contributed by atoms with E-state index in [0.29, 0.717) is 11.4 Å². The Kier molecular flexibility index (Phi) is 3.85. The van der Waals surface area contributed by atoms with Crippen molar-refractivity contribution < 1.29 is 4.79 Å². The number of hydrogen-bond donors (Lipinski definition) is 3. The Labute approximate surface area is 108 Å². The van der Waals surface area contributed by atoms with Crippen LogP contribution in [0.3, 0.4) is 0 Å². The highest BCUT2D eigenvalue weighted by Gasteiger charge is 2.16. The monoisotopic (exact) mass is 263 g/mol. The molecule has 0 saturated heterocycles. The largest absolute Gasteiger partial charge is 0.343 e. The highest BCUT2D eigenvalue weighted by atomic mass is 32.1. The highest BCUT2D eigenvalue weighted by Crippen LogP contribution is 2.17. The lowest BCUT2D eigenvalue weighted by Crippen LogP contribution is -2.28. The summed E-state index contributed by atoms with van der Waals surface area (Å²) in [4.78, 5) is 20.2. The fraction of sp³-hybridized carbons (Fsp3) is 0.182. The van der Waals surface area contributed by atoms with Crippen molar-refractivity contribution in [2.45, 2.75) is 13.0 Å². The molecule has 0 bridgehead atoms. The Morgan fingerprint density at radius 1 is 1.44 bits per heavy atom. The van der Waals surface area contributed by atoms with Crippen LogP contribution in [0.4, 0.5) is 5.82 Å². The van der Waals surface area contributed by atoms with Gasteiger partial charge in [-0.25, -0.2) is 15.8 Å². The molecule has 2 aromatic heterocycles. The third-order valence-corrected chi connectivity index (χ3v) is 3.32. The van der Waals surface area contributed by atoms with Crippen molar-refractivity contribution in [3.05, 3.63) is 40.5 Å². The number of anilines is 1. The third-order valence-electron chi connectivity index (χ3n) is 2.36. The molecule has 4 N–H and O–H groups in total. The number of nitrogen functional groups attached to an aromatic ring is 1. The van der Waals surface area contributed by atoms with E-state index in [1.807, 2.05) is 12.3 Å². The first-order chi connectivity index (χ1) is 8.72. The normalized spacial score (nSPS) is 11.9. The van der Waals surface area contributed by atoms with Gasteiger partial charge in [-0.15, -0.1) is 11.3 Å². The molecule has 0 aliphatic heterocycles. The van der Waals surface area contributed by atoms with E-state index < -0.39 is 0 Å². The Bertz CT molecular complexity index is 528. The lowest BCUT2D eigenvalue weighted by molar-refractivity contribution is 0.0940. The predicted octanol–water partition coefficient (Wildman–Crippen LogP) is 1.31. The minimum absolute atomic E-state index is 0.150. The van der Waals surface area contributed by atoms with Gasteiger partial charge >= 0.3 is 0 Å². The van der Waals surface area contributed by atoms with E-state index in [4.69, 9.17) is 5.84 Å². The molecule has 18 heavy (non-hydrogen) atoms. The van der Waals surface area contributed by atoms with E-state index >= 15 is 0 Å². The van der Waals surface area contributed by atoms with Crippen LogP contribution in [0.2, 0.25) is 0 Å². The summed E-state index contributed by atoms with van der Waals surface area (Å²) in [6.07, 6.45) is 3.27. The molecule has 0 aliphatic rings. The number of carbonyl (C=O) groups is 1. The minimum Gasteiger partial charge on any atom is -0.343 e. The summed E-state index contributed by atoms with van der Waals surface area (Å²) >= 11 is 1.50. The first-order valence-corrected chi connectivity index (χ1v) is 6.22. The second-order valence-electron chi connectivity index (χ2n) is 3.61. The van der Waals surface area contributed by atoms with Crippen LogP contribution in [0.5, 0.6) is 0 Å². The first-order valence-electron chi connectivity index (χ1n) is 5.34. The highest BCUT2D eigenvalue weighted by molar-refractivity contribution is 7.09. The Balaban J connectivity index is 2.12. The number of nitrogens with two attached hydrogens (primary N) is 1. The topological polar surface area (TPSA) is 92.9 Å². The van der Waals surface area contributed by atoms with Crippen molar-refractivity contribution in [2.75, 3.05) is 5.43 Å². The number of carbonyl (C=O) groups excluding carboxylic acids is 1. The van der Waals surface area contributed by atoms with Crippen LogP contribution in [-0.4, -0.2) is 15.9 Å². The van der Waals surface area contributed by atoms with Crippen LogP contribution in [-0.2, 0) is 0 Å². The van der Waals surface area contributed by atoms with Crippen molar-refractivity contribution in [1.82, 2.24) is 15.3 Å². The molecule has 1 unspecified atom stereocenters. The molecule has 0 spiro atoms. The second kappa shape index (κ2) is 5.56. The number of nitrogens with one attached hydrogen (secondary N) is 2. The van der Waals surface area contributed by atoms with Gasteiger partial charge in [0.05, 0.1) is 11.6 Å². The van der Waals surface area contributed by atoms with Crippen LogP contribution in [0, 0.1) is 0 Å². The molecule has 6 nitrogen and oxygen atoms in total. The number of hydrogen-bond acceptors (Lipinski definition) is 6. The van der Waals surface area contributed by atoms with Crippen molar-refractivity contribution in [2.24, 2.45) is 5.84 Å². The van der Waals surface area contributed by atoms with Crippen molar-refractivity contribution >= 4 is 23.1 Å². The van der Waals surface area contributed by atoms with E-state index in [-0.39, 0.29) is 11.9 Å². The summed E-state index contributed by atoms with van der Waals surface area (Å²) in [5.41, 5.74) is 2.81. The van der Waals surface area contributed by atoms with Gasteiger partial charge in [-0.05, 0) is 19.1 Å². The van der Waals surface area contributed by atoms with Gasteiger partial charge < -0.3 is 10.7 Å². The zero-order valence-corrected chi connectivity index (χ0v) is 10.6. The maximum absolute atomic E-state index is 12.1. The summed E-state index contributed by atoms with van der Waals surface area (Å²) < 4.78 is 0. The average molecular weight is 263 g/mol. The number of pyridine rings is 1. The second-order valence-corrected chi connectivity index (χ2v) is 4.54. The van der Waals surface area contributed by atoms with Gasteiger partial charge in [0.15, 0.2) is 5.82 Å². The SMILES string of the molecule is CC(NC(=O)c1cccnc1NN)c1nccs1. The van der Waals surface area contributed by atoms with Crippen molar-refractivity contribution in [3.8, 4) is 0 Å². The van der Waals surface area contributed by atoms with Crippen LogP contribution >= 0.6 is 11.3 Å². The number of amides is 1. The maximum Gasteiger partial charge on any atom is 0.255 e. The quantitative estimate of drug-likeness (QED) is 0.571. The molecule has 94 valence electrons. The number of rotatable bonds is 4. The molecule has 0 radical (unpaired) electrons. The smallest absolute Gasteiger partial charge is 0.255 e. The summed E-state index contributed by atoms with van der Waals surface area (Å²) in [6.45, 7) is 1.88.